The monoisotopic (exact) mass is 258 g/mol. The fraction of sp³-hybridized carbons (Fsp3) is 0.250. The zero-order chi connectivity index (χ0) is 13.5. The molecule has 0 aliphatic carbocycles. The molecule has 2 aromatic carbocycles. The maximum Gasteiger partial charge on any atom is 0.181 e. The molecular formula is C16H18O3. The van der Waals surface area contributed by atoms with E-state index in [2.05, 4.69) is 0 Å². The second-order valence-corrected chi connectivity index (χ2v) is 4.44. The van der Waals surface area contributed by atoms with E-state index in [1.165, 1.54) is 0 Å². The lowest BCUT2D eigenvalue weighted by Gasteiger charge is -2.18. The number of aliphatic hydroxyl groups is 2. The molecule has 0 amide bonds. The number of hydrogen-bond donors (Lipinski definition) is 2. The summed E-state index contributed by atoms with van der Waals surface area (Å²) in [6.07, 6.45) is -1.73. The van der Waals surface area contributed by atoms with E-state index in [4.69, 9.17) is 4.74 Å². The van der Waals surface area contributed by atoms with Gasteiger partial charge in [-0.3, -0.25) is 0 Å². The predicted molar refractivity (Wildman–Crippen MR) is 73.4 cm³/mol. The van der Waals surface area contributed by atoms with Crippen LogP contribution in [0, 0.1) is 0 Å². The lowest BCUT2D eigenvalue weighted by molar-refractivity contribution is -0.167. The lowest BCUT2D eigenvalue weighted by Crippen LogP contribution is -2.30. The second kappa shape index (κ2) is 7.04. The molecule has 0 bridgehead atoms. The normalized spacial score (nSPS) is 14.0. The van der Waals surface area contributed by atoms with E-state index in [0.29, 0.717) is 6.42 Å². The van der Waals surface area contributed by atoms with Gasteiger partial charge in [-0.15, -0.1) is 0 Å². The molecule has 0 aliphatic heterocycles. The van der Waals surface area contributed by atoms with Crippen molar-refractivity contribution in [3.05, 3.63) is 71.8 Å². The molecule has 2 aromatic rings. The number of rotatable bonds is 6. The van der Waals surface area contributed by atoms with Crippen LogP contribution in [0.1, 0.15) is 11.1 Å². The first kappa shape index (κ1) is 13.7. The summed E-state index contributed by atoms with van der Waals surface area (Å²) in [6.45, 7) is 0.286. The van der Waals surface area contributed by atoms with E-state index >= 15 is 0 Å². The SMILES string of the molecule is OC(Cc1ccccc1)C(O)OCc1ccccc1. The first-order valence-corrected chi connectivity index (χ1v) is 6.31. The standard InChI is InChI=1S/C16H18O3/c17-15(11-13-7-3-1-4-8-13)16(18)19-12-14-9-5-2-6-10-14/h1-10,15-18H,11-12H2. The fourth-order valence-electron chi connectivity index (χ4n) is 1.82. The van der Waals surface area contributed by atoms with Crippen molar-refractivity contribution in [2.24, 2.45) is 0 Å². The van der Waals surface area contributed by atoms with Gasteiger partial charge in [0.25, 0.3) is 0 Å². The van der Waals surface area contributed by atoms with Gasteiger partial charge >= 0.3 is 0 Å². The molecule has 0 heterocycles. The highest BCUT2D eigenvalue weighted by molar-refractivity contribution is 5.16. The van der Waals surface area contributed by atoms with Gasteiger partial charge in [0, 0.05) is 6.42 Å². The highest BCUT2D eigenvalue weighted by Crippen LogP contribution is 2.09. The first-order chi connectivity index (χ1) is 9.25. The van der Waals surface area contributed by atoms with E-state index in [-0.39, 0.29) is 6.61 Å². The third-order valence-electron chi connectivity index (χ3n) is 2.88. The van der Waals surface area contributed by atoms with Crippen molar-refractivity contribution < 1.29 is 14.9 Å². The third kappa shape index (κ3) is 4.48. The summed E-state index contributed by atoms with van der Waals surface area (Å²) in [5, 5.41) is 19.6. The average Bonchev–Trinajstić information content (AvgIpc) is 2.47. The molecule has 3 heteroatoms. The molecule has 0 aromatic heterocycles. The maximum absolute atomic E-state index is 9.87. The minimum absolute atomic E-state index is 0.286. The van der Waals surface area contributed by atoms with Crippen LogP contribution >= 0.6 is 0 Å². The van der Waals surface area contributed by atoms with Crippen LogP contribution in [-0.2, 0) is 17.8 Å². The van der Waals surface area contributed by atoms with Crippen LogP contribution in [-0.4, -0.2) is 22.6 Å². The zero-order valence-electron chi connectivity index (χ0n) is 10.6. The van der Waals surface area contributed by atoms with Gasteiger partial charge in [-0.05, 0) is 11.1 Å². The Labute approximate surface area is 113 Å². The van der Waals surface area contributed by atoms with Gasteiger partial charge in [-0.25, -0.2) is 0 Å². The van der Waals surface area contributed by atoms with Crippen molar-refractivity contribution in [2.75, 3.05) is 0 Å². The van der Waals surface area contributed by atoms with E-state index in [9.17, 15) is 10.2 Å². The molecule has 2 N–H and O–H groups in total. The number of benzene rings is 2. The summed E-state index contributed by atoms with van der Waals surface area (Å²) in [6, 6.07) is 19.1. The summed E-state index contributed by atoms with van der Waals surface area (Å²) < 4.78 is 5.27. The molecule has 19 heavy (non-hydrogen) atoms. The molecule has 2 rings (SSSR count). The first-order valence-electron chi connectivity index (χ1n) is 6.31. The van der Waals surface area contributed by atoms with E-state index < -0.39 is 12.4 Å². The van der Waals surface area contributed by atoms with Gasteiger partial charge < -0.3 is 14.9 Å². The number of aliphatic hydroxyl groups excluding tert-OH is 2. The summed E-state index contributed by atoms with van der Waals surface area (Å²) >= 11 is 0. The maximum atomic E-state index is 9.87. The van der Waals surface area contributed by atoms with Gasteiger partial charge in [0.2, 0.25) is 0 Å². The highest BCUT2D eigenvalue weighted by Gasteiger charge is 2.17. The van der Waals surface area contributed by atoms with Gasteiger partial charge in [0.1, 0.15) is 6.10 Å². The number of ether oxygens (including phenoxy) is 1. The zero-order valence-corrected chi connectivity index (χ0v) is 10.6. The molecule has 0 fully saturated rings. The summed E-state index contributed by atoms with van der Waals surface area (Å²) in [4.78, 5) is 0. The van der Waals surface area contributed by atoms with E-state index in [1.54, 1.807) is 0 Å². The topological polar surface area (TPSA) is 49.7 Å². The molecule has 0 saturated carbocycles. The van der Waals surface area contributed by atoms with Crippen LogP contribution in [0.3, 0.4) is 0 Å². The van der Waals surface area contributed by atoms with Crippen molar-refractivity contribution in [1.29, 1.82) is 0 Å². The molecular weight excluding hydrogens is 240 g/mol. The van der Waals surface area contributed by atoms with Crippen molar-refractivity contribution in [2.45, 2.75) is 25.4 Å². The number of hydrogen-bond acceptors (Lipinski definition) is 3. The molecule has 100 valence electrons. The lowest BCUT2D eigenvalue weighted by atomic mass is 10.1. The minimum Gasteiger partial charge on any atom is -0.387 e. The molecule has 0 spiro atoms. The Hall–Kier alpha value is -1.68. The van der Waals surface area contributed by atoms with Crippen molar-refractivity contribution >= 4 is 0 Å². The largest absolute Gasteiger partial charge is 0.387 e. The Balaban J connectivity index is 1.81. The summed E-state index contributed by atoms with van der Waals surface area (Å²) in [5.41, 5.74) is 1.94. The summed E-state index contributed by atoms with van der Waals surface area (Å²) in [7, 11) is 0. The third-order valence-corrected chi connectivity index (χ3v) is 2.88. The summed E-state index contributed by atoms with van der Waals surface area (Å²) in [5.74, 6) is 0. The molecule has 3 nitrogen and oxygen atoms in total. The smallest absolute Gasteiger partial charge is 0.181 e. The Morgan fingerprint density at radius 2 is 1.32 bits per heavy atom. The Morgan fingerprint density at radius 3 is 1.89 bits per heavy atom. The van der Waals surface area contributed by atoms with E-state index in [0.717, 1.165) is 11.1 Å². The molecule has 0 radical (unpaired) electrons. The molecule has 2 atom stereocenters. The van der Waals surface area contributed by atoms with Crippen LogP contribution < -0.4 is 0 Å². The quantitative estimate of drug-likeness (QED) is 0.780. The van der Waals surface area contributed by atoms with Crippen LogP contribution in [0.25, 0.3) is 0 Å². The molecule has 2 unspecified atom stereocenters. The second-order valence-electron chi connectivity index (χ2n) is 4.44. The predicted octanol–water partition coefficient (Wildman–Crippen LogP) is 2.13. The van der Waals surface area contributed by atoms with Crippen LogP contribution in [0.15, 0.2) is 60.7 Å². The van der Waals surface area contributed by atoms with Gasteiger partial charge in [-0.2, -0.15) is 0 Å². The van der Waals surface area contributed by atoms with Gasteiger partial charge in [0.05, 0.1) is 6.61 Å². The minimum atomic E-state index is -1.18. The van der Waals surface area contributed by atoms with Gasteiger partial charge in [-0.1, -0.05) is 60.7 Å². The van der Waals surface area contributed by atoms with Crippen LogP contribution in [0.5, 0.6) is 0 Å². The molecule has 0 aliphatic rings. The molecule has 0 saturated heterocycles. The van der Waals surface area contributed by atoms with Crippen LogP contribution in [0.4, 0.5) is 0 Å². The van der Waals surface area contributed by atoms with E-state index in [1.807, 2.05) is 60.7 Å². The highest BCUT2D eigenvalue weighted by atomic mass is 16.6. The fourth-order valence-corrected chi connectivity index (χ4v) is 1.82. The Kier molecular flexibility index (Phi) is 5.10. The van der Waals surface area contributed by atoms with Crippen molar-refractivity contribution in [3.63, 3.8) is 0 Å². The van der Waals surface area contributed by atoms with Crippen molar-refractivity contribution in [3.8, 4) is 0 Å². The average molecular weight is 258 g/mol. The Morgan fingerprint density at radius 1 is 0.789 bits per heavy atom. The van der Waals surface area contributed by atoms with Gasteiger partial charge in [0.15, 0.2) is 6.29 Å². The Bertz CT molecular complexity index is 470. The van der Waals surface area contributed by atoms with Crippen molar-refractivity contribution in [1.82, 2.24) is 0 Å². The van der Waals surface area contributed by atoms with Crippen LogP contribution in [0.2, 0.25) is 0 Å².